The maximum Gasteiger partial charge on any atom is 0.284 e. The number of carbonyl (C=O) groups is 1. The van der Waals surface area contributed by atoms with Gasteiger partial charge in [-0.25, -0.2) is 0 Å². The molecule has 0 aliphatic carbocycles. The highest BCUT2D eigenvalue weighted by molar-refractivity contribution is 7.99. The van der Waals surface area contributed by atoms with Crippen LogP contribution in [0.5, 0.6) is 0 Å². The number of rotatable bonds is 8. The molecule has 0 saturated heterocycles. The minimum absolute atomic E-state index is 0.145. The minimum atomic E-state index is -0.478. The number of nitro groups is 1. The van der Waals surface area contributed by atoms with Crippen LogP contribution < -0.4 is 0 Å². The van der Waals surface area contributed by atoms with Crippen LogP contribution in [0.15, 0.2) is 95.2 Å². The van der Waals surface area contributed by atoms with Gasteiger partial charge in [-0.15, -0.1) is 10.2 Å². The molecule has 1 aromatic heterocycles. The van der Waals surface area contributed by atoms with E-state index in [2.05, 4.69) is 10.2 Å². The molecular weight excluding hydrogens is 438 g/mol. The van der Waals surface area contributed by atoms with Gasteiger partial charge in [-0.2, -0.15) is 0 Å². The lowest BCUT2D eigenvalue weighted by Crippen LogP contribution is -2.30. The third kappa shape index (κ3) is 5.45. The number of aryl methyl sites for hydroxylation is 1. The summed E-state index contributed by atoms with van der Waals surface area (Å²) in [6.07, 6.45) is 1.52. The van der Waals surface area contributed by atoms with Crippen molar-refractivity contribution in [1.29, 1.82) is 0 Å². The van der Waals surface area contributed by atoms with Crippen LogP contribution in [-0.4, -0.2) is 30.5 Å². The molecule has 1 amide bonds. The Morgan fingerprint density at radius 2 is 1.61 bits per heavy atom. The third-order valence-electron chi connectivity index (χ3n) is 4.99. The maximum absolute atomic E-state index is 13.5. The van der Waals surface area contributed by atoms with Crippen molar-refractivity contribution in [2.45, 2.75) is 23.1 Å². The van der Waals surface area contributed by atoms with Gasteiger partial charge in [-0.1, -0.05) is 60.7 Å². The van der Waals surface area contributed by atoms with E-state index in [0.29, 0.717) is 23.1 Å². The molecule has 0 aliphatic heterocycles. The summed E-state index contributed by atoms with van der Waals surface area (Å²) in [4.78, 5) is 26.9. The van der Waals surface area contributed by atoms with E-state index in [1.807, 2.05) is 60.7 Å². The summed E-state index contributed by atoms with van der Waals surface area (Å²) >= 11 is 1.13. The molecule has 0 radical (unpaired) electrons. The number of carbonyl (C=O) groups excluding carboxylic acids is 1. The van der Waals surface area contributed by atoms with Crippen LogP contribution in [0.3, 0.4) is 0 Å². The van der Waals surface area contributed by atoms with Gasteiger partial charge in [0.2, 0.25) is 0 Å². The summed E-state index contributed by atoms with van der Waals surface area (Å²) in [6.45, 7) is 0.773. The quantitative estimate of drug-likeness (QED) is 0.280. The second-order valence-electron chi connectivity index (χ2n) is 7.40. The van der Waals surface area contributed by atoms with Crippen molar-refractivity contribution in [2.24, 2.45) is 7.05 Å². The number of nitrogens with zero attached hydrogens (tertiary/aromatic N) is 5. The van der Waals surface area contributed by atoms with Gasteiger partial charge in [-0.3, -0.25) is 14.9 Å². The van der Waals surface area contributed by atoms with Gasteiger partial charge in [0.1, 0.15) is 6.33 Å². The lowest BCUT2D eigenvalue weighted by Gasteiger charge is -2.23. The van der Waals surface area contributed by atoms with Crippen LogP contribution in [0.25, 0.3) is 0 Å². The fourth-order valence-corrected chi connectivity index (χ4v) is 4.18. The summed E-state index contributed by atoms with van der Waals surface area (Å²) in [5, 5.41) is 20.1. The maximum atomic E-state index is 13.5. The first-order chi connectivity index (χ1) is 16.0. The van der Waals surface area contributed by atoms with E-state index >= 15 is 0 Å². The molecule has 4 rings (SSSR count). The predicted molar refractivity (Wildman–Crippen MR) is 125 cm³/mol. The Kier molecular flexibility index (Phi) is 6.80. The molecule has 33 heavy (non-hydrogen) atoms. The zero-order chi connectivity index (χ0) is 23.2. The first-order valence-corrected chi connectivity index (χ1v) is 11.0. The molecule has 0 atom stereocenters. The van der Waals surface area contributed by atoms with Crippen LogP contribution in [0.4, 0.5) is 5.69 Å². The second-order valence-corrected chi connectivity index (χ2v) is 8.41. The summed E-state index contributed by atoms with van der Waals surface area (Å²) in [5.74, 6) is -0.277. The molecule has 0 fully saturated rings. The second kappa shape index (κ2) is 10.1. The molecule has 0 spiro atoms. The van der Waals surface area contributed by atoms with Crippen LogP contribution in [-0.2, 0) is 20.1 Å². The number of hydrogen-bond acceptors (Lipinski definition) is 6. The van der Waals surface area contributed by atoms with E-state index in [0.717, 1.165) is 22.9 Å². The zero-order valence-electron chi connectivity index (χ0n) is 17.9. The lowest BCUT2D eigenvalue weighted by atomic mass is 10.1. The average molecular weight is 460 g/mol. The number of amides is 1. The Hall–Kier alpha value is -3.98. The minimum Gasteiger partial charge on any atom is -0.330 e. The van der Waals surface area contributed by atoms with Gasteiger partial charge in [0, 0.05) is 31.8 Å². The number of aromatic nitrogens is 3. The largest absolute Gasteiger partial charge is 0.330 e. The molecule has 0 saturated carbocycles. The highest BCUT2D eigenvalue weighted by Gasteiger charge is 2.23. The van der Waals surface area contributed by atoms with E-state index in [-0.39, 0.29) is 17.2 Å². The average Bonchev–Trinajstić information content (AvgIpc) is 3.24. The van der Waals surface area contributed by atoms with Gasteiger partial charge in [0.15, 0.2) is 5.16 Å². The fourth-order valence-electron chi connectivity index (χ4n) is 3.33. The Morgan fingerprint density at radius 1 is 1.00 bits per heavy atom. The van der Waals surface area contributed by atoms with Crippen molar-refractivity contribution in [3.63, 3.8) is 0 Å². The molecule has 166 valence electrons. The van der Waals surface area contributed by atoms with E-state index in [1.165, 1.54) is 12.4 Å². The van der Waals surface area contributed by atoms with Crippen molar-refractivity contribution >= 4 is 23.4 Å². The molecule has 0 bridgehead atoms. The first-order valence-electron chi connectivity index (χ1n) is 10.2. The predicted octanol–water partition coefficient (Wildman–Crippen LogP) is 4.72. The van der Waals surface area contributed by atoms with Gasteiger partial charge in [0.25, 0.3) is 11.6 Å². The summed E-state index contributed by atoms with van der Waals surface area (Å²) in [6, 6.07) is 23.9. The van der Waals surface area contributed by atoms with Crippen molar-refractivity contribution < 1.29 is 9.72 Å². The number of hydrogen-bond donors (Lipinski definition) is 0. The summed E-state index contributed by atoms with van der Waals surface area (Å²) in [7, 11) is 1.76. The van der Waals surface area contributed by atoms with E-state index in [9.17, 15) is 14.9 Å². The molecule has 0 aliphatic rings. The summed E-state index contributed by atoms with van der Waals surface area (Å²) in [5.41, 5.74) is 2.07. The van der Waals surface area contributed by atoms with Crippen molar-refractivity contribution in [1.82, 2.24) is 19.7 Å². The van der Waals surface area contributed by atoms with Crippen LogP contribution in [0, 0.1) is 10.1 Å². The highest BCUT2D eigenvalue weighted by atomic mass is 32.2. The van der Waals surface area contributed by atoms with Crippen molar-refractivity contribution in [3.8, 4) is 0 Å². The van der Waals surface area contributed by atoms with Gasteiger partial charge in [0.05, 0.1) is 9.82 Å². The standard InChI is InChI=1S/C24H21N5O3S/c1-27-17-25-26-24(27)33-22-13-12-20(14-21(22)29(31)32)23(30)28(15-18-8-4-2-5-9-18)16-19-10-6-3-7-11-19/h2-14,17H,15-16H2,1H3. The van der Waals surface area contributed by atoms with E-state index < -0.39 is 4.92 Å². The van der Waals surface area contributed by atoms with E-state index in [4.69, 9.17) is 0 Å². The molecule has 1 heterocycles. The van der Waals surface area contributed by atoms with Crippen molar-refractivity contribution in [3.05, 3.63) is 112 Å². The molecule has 3 aromatic carbocycles. The first kappa shape index (κ1) is 22.2. The SMILES string of the molecule is Cn1cnnc1Sc1ccc(C(=O)N(Cc2ccccc2)Cc2ccccc2)cc1[N+](=O)[O-]. The monoisotopic (exact) mass is 459 g/mol. The molecule has 0 N–H and O–H groups in total. The number of nitro benzene ring substituents is 1. The van der Waals surface area contributed by atoms with Crippen LogP contribution in [0.2, 0.25) is 0 Å². The Morgan fingerprint density at radius 3 is 2.12 bits per heavy atom. The Labute approximate surface area is 195 Å². The normalized spacial score (nSPS) is 10.7. The van der Waals surface area contributed by atoms with Crippen molar-refractivity contribution in [2.75, 3.05) is 0 Å². The molecule has 4 aromatic rings. The lowest BCUT2D eigenvalue weighted by molar-refractivity contribution is -0.387. The van der Waals surface area contributed by atoms with Crippen LogP contribution >= 0.6 is 11.8 Å². The van der Waals surface area contributed by atoms with Crippen LogP contribution in [0.1, 0.15) is 21.5 Å². The third-order valence-corrected chi connectivity index (χ3v) is 6.11. The van der Waals surface area contributed by atoms with Gasteiger partial charge < -0.3 is 9.47 Å². The topological polar surface area (TPSA) is 94.2 Å². The molecular formula is C24H21N5O3S. The fraction of sp³-hybridized carbons (Fsp3) is 0.125. The highest BCUT2D eigenvalue weighted by Crippen LogP contribution is 2.34. The molecule has 0 unspecified atom stereocenters. The zero-order valence-corrected chi connectivity index (χ0v) is 18.7. The van der Waals surface area contributed by atoms with E-state index in [1.54, 1.807) is 28.6 Å². The smallest absolute Gasteiger partial charge is 0.284 e. The molecule has 9 heteroatoms. The molecule has 8 nitrogen and oxygen atoms in total. The summed E-state index contributed by atoms with van der Waals surface area (Å²) < 4.78 is 1.68. The van der Waals surface area contributed by atoms with Gasteiger partial charge >= 0.3 is 0 Å². The Bertz CT molecular complexity index is 1220. The Balaban J connectivity index is 1.65. The number of benzene rings is 3. The van der Waals surface area contributed by atoms with Gasteiger partial charge in [-0.05, 0) is 35.0 Å².